The van der Waals surface area contributed by atoms with Crippen molar-refractivity contribution < 1.29 is 0 Å². The second-order valence-corrected chi connectivity index (χ2v) is 6.38. The summed E-state index contributed by atoms with van der Waals surface area (Å²) in [6.07, 6.45) is 3.46. The molecule has 0 radical (unpaired) electrons. The molecule has 0 saturated heterocycles. The van der Waals surface area contributed by atoms with E-state index in [1.165, 1.54) is 23.1 Å². The maximum atomic E-state index is 4.71. The van der Waals surface area contributed by atoms with Crippen LogP contribution in [0.15, 0.2) is 6.07 Å². The highest BCUT2D eigenvalue weighted by Gasteiger charge is 2.13. The summed E-state index contributed by atoms with van der Waals surface area (Å²) in [6.45, 7) is 8.43. The zero-order valence-corrected chi connectivity index (χ0v) is 13.7. The van der Waals surface area contributed by atoms with Crippen LogP contribution in [0, 0.1) is 6.92 Å². The van der Waals surface area contributed by atoms with Crippen LogP contribution >= 0.6 is 11.3 Å². The number of anilines is 2. The average Bonchev–Trinajstić information content (AvgIpc) is 2.81. The molecular formula is C15H24N4S. The first-order valence-corrected chi connectivity index (χ1v) is 8.20. The van der Waals surface area contributed by atoms with Gasteiger partial charge in [0.25, 0.3) is 0 Å². The van der Waals surface area contributed by atoms with E-state index < -0.39 is 0 Å². The molecule has 4 nitrogen and oxygen atoms in total. The highest BCUT2D eigenvalue weighted by atomic mass is 32.1. The maximum Gasteiger partial charge on any atom is 0.226 e. The van der Waals surface area contributed by atoms with Crippen molar-refractivity contribution in [3.63, 3.8) is 0 Å². The number of rotatable bonds is 7. The first-order valence-electron chi connectivity index (χ1n) is 7.38. The Morgan fingerprint density at radius 2 is 2.05 bits per heavy atom. The largest absolute Gasteiger partial charge is 0.359 e. The summed E-state index contributed by atoms with van der Waals surface area (Å²) in [5, 5.41) is 4.48. The van der Waals surface area contributed by atoms with Gasteiger partial charge in [0.15, 0.2) is 0 Å². The molecule has 1 N–H and O–H groups in total. The van der Waals surface area contributed by atoms with E-state index in [1.54, 1.807) is 11.3 Å². The molecule has 0 saturated carbocycles. The van der Waals surface area contributed by atoms with Gasteiger partial charge in [0, 0.05) is 25.0 Å². The molecule has 0 aromatic carbocycles. The van der Waals surface area contributed by atoms with Crippen LogP contribution in [0.2, 0.25) is 0 Å². The van der Waals surface area contributed by atoms with E-state index in [0.717, 1.165) is 36.1 Å². The number of aryl methyl sites for hydroxylation is 1. The fourth-order valence-corrected chi connectivity index (χ4v) is 3.01. The lowest BCUT2D eigenvalue weighted by Gasteiger charge is -2.19. The topological polar surface area (TPSA) is 41.1 Å². The normalized spacial score (nSPS) is 11.0. The average molecular weight is 292 g/mol. The zero-order chi connectivity index (χ0) is 14.5. The van der Waals surface area contributed by atoms with Gasteiger partial charge in [-0.15, -0.1) is 11.3 Å². The summed E-state index contributed by atoms with van der Waals surface area (Å²) in [7, 11) is 2.12. The van der Waals surface area contributed by atoms with E-state index in [-0.39, 0.29) is 0 Å². The van der Waals surface area contributed by atoms with E-state index in [2.05, 4.69) is 49.1 Å². The monoisotopic (exact) mass is 292 g/mol. The van der Waals surface area contributed by atoms with Gasteiger partial charge in [-0.1, -0.05) is 20.3 Å². The molecule has 2 rings (SSSR count). The van der Waals surface area contributed by atoms with E-state index >= 15 is 0 Å². The summed E-state index contributed by atoms with van der Waals surface area (Å²) < 4.78 is 0. The van der Waals surface area contributed by atoms with Crippen molar-refractivity contribution >= 4 is 33.3 Å². The number of hydrogen-bond donors (Lipinski definition) is 1. The van der Waals surface area contributed by atoms with Crippen LogP contribution < -0.4 is 10.2 Å². The molecule has 0 amide bonds. The first kappa shape index (κ1) is 15.0. The Labute approximate surface area is 125 Å². The van der Waals surface area contributed by atoms with Crippen LogP contribution in [0.5, 0.6) is 0 Å². The van der Waals surface area contributed by atoms with Crippen molar-refractivity contribution in [3.8, 4) is 0 Å². The summed E-state index contributed by atoms with van der Waals surface area (Å²) in [6, 6.07) is 2.20. The Morgan fingerprint density at radius 1 is 1.25 bits per heavy atom. The molecule has 0 aliphatic heterocycles. The SMILES string of the molecule is CCCCN(C)c1nc(NCCC)nc2sc(C)cc12. The summed E-state index contributed by atoms with van der Waals surface area (Å²) in [4.78, 5) is 14.0. The molecule has 110 valence electrons. The van der Waals surface area contributed by atoms with E-state index in [4.69, 9.17) is 4.98 Å². The Bertz CT molecular complexity index is 564. The van der Waals surface area contributed by atoms with Crippen molar-refractivity contribution in [1.82, 2.24) is 9.97 Å². The predicted octanol–water partition coefficient (Wildman–Crippen LogP) is 4.06. The van der Waals surface area contributed by atoms with E-state index in [1.807, 2.05) is 0 Å². The van der Waals surface area contributed by atoms with Crippen molar-refractivity contribution in [2.75, 3.05) is 30.4 Å². The van der Waals surface area contributed by atoms with Gasteiger partial charge >= 0.3 is 0 Å². The summed E-state index contributed by atoms with van der Waals surface area (Å²) in [5.41, 5.74) is 0. The van der Waals surface area contributed by atoms with Gasteiger partial charge in [-0.3, -0.25) is 0 Å². The fraction of sp³-hybridized carbons (Fsp3) is 0.600. The number of aromatic nitrogens is 2. The number of nitrogens with zero attached hydrogens (tertiary/aromatic N) is 3. The Morgan fingerprint density at radius 3 is 2.75 bits per heavy atom. The molecule has 0 unspecified atom stereocenters. The Hall–Kier alpha value is -1.36. The van der Waals surface area contributed by atoms with E-state index in [0.29, 0.717) is 0 Å². The number of fused-ring (bicyclic) bond motifs is 1. The molecule has 0 spiro atoms. The highest BCUT2D eigenvalue weighted by Crippen LogP contribution is 2.31. The second kappa shape index (κ2) is 6.88. The van der Waals surface area contributed by atoms with Gasteiger partial charge in [0.1, 0.15) is 10.6 Å². The van der Waals surface area contributed by atoms with Crippen molar-refractivity contribution in [2.24, 2.45) is 0 Å². The van der Waals surface area contributed by atoms with Crippen molar-refractivity contribution in [1.29, 1.82) is 0 Å². The van der Waals surface area contributed by atoms with Crippen LogP contribution in [0.4, 0.5) is 11.8 Å². The van der Waals surface area contributed by atoms with Crippen LogP contribution in [0.1, 0.15) is 38.0 Å². The number of nitrogens with one attached hydrogen (secondary N) is 1. The third-order valence-electron chi connectivity index (χ3n) is 3.24. The Balaban J connectivity index is 2.37. The molecule has 2 aromatic heterocycles. The quantitative estimate of drug-likeness (QED) is 0.835. The molecule has 0 fully saturated rings. The minimum absolute atomic E-state index is 0.750. The minimum Gasteiger partial charge on any atom is -0.359 e. The maximum absolute atomic E-state index is 4.71. The Kier molecular flexibility index (Phi) is 5.17. The zero-order valence-electron chi connectivity index (χ0n) is 12.9. The highest BCUT2D eigenvalue weighted by molar-refractivity contribution is 7.18. The van der Waals surface area contributed by atoms with Crippen LogP contribution in [0.3, 0.4) is 0 Å². The first-order chi connectivity index (χ1) is 9.65. The summed E-state index contributed by atoms with van der Waals surface area (Å²) in [5.74, 6) is 1.80. The number of unbranched alkanes of at least 4 members (excludes halogenated alkanes) is 1. The van der Waals surface area contributed by atoms with Gasteiger partial charge in [0.2, 0.25) is 5.95 Å². The molecule has 0 aliphatic rings. The third kappa shape index (κ3) is 3.39. The molecule has 5 heteroatoms. The summed E-state index contributed by atoms with van der Waals surface area (Å²) >= 11 is 1.74. The van der Waals surface area contributed by atoms with E-state index in [9.17, 15) is 0 Å². The minimum atomic E-state index is 0.750. The molecule has 2 heterocycles. The van der Waals surface area contributed by atoms with Gasteiger partial charge < -0.3 is 10.2 Å². The van der Waals surface area contributed by atoms with Gasteiger partial charge in [-0.05, 0) is 25.8 Å². The lowest BCUT2D eigenvalue weighted by Crippen LogP contribution is -2.20. The molecular weight excluding hydrogens is 268 g/mol. The lowest BCUT2D eigenvalue weighted by molar-refractivity contribution is 0.761. The molecule has 0 atom stereocenters. The van der Waals surface area contributed by atoms with Crippen molar-refractivity contribution in [2.45, 2.75) is 40.0 Å². The third-order valence-corrected chi connectivity index (χ3v) is 4.18. The van der Waals surface area contributed by atoms with Gasteiger partial charge in [0.05, 0.1) is 5.39 Å². The smallest absolute Gasteiger partial charge is 0.226 e. The van der Waals surface area contributed by atoms with Crippen molar-refractivity contribution in [3.05, 3.63) is 10.9 Å². The van der Waals surface area contributed by atoms with Gasteiger partial charge in [-0.25, -0.2) is 4.98 Å². The number of hydrogen-bond acceptors (Lipinski definition) is 5. The second-order valence-electron chi connectivity index (χ2n) is 5.15. The lowest BCUT2D eigenvalue weighted by atomic mass is 10.3. The molecule has 0 aliphatic carbocycles. The molecule has 0 bridgehead atoms. The molecule has 2 aromatic rings. The van der Waals surface area contributed by atoms with Crippen LogP contribution in [-0.4, -0.2) is 30.1 Å². The van der Waals surface area contributed by atoms with Crippen LogP contribution in [0.25, 0.3) is 10.2 Å². The fourth-order valence-electron chi connectivity index (χ4n) is 2.13. The van der Waals surface area contributed by atoms with Crippen LogP contribution in [-0.2, 0) is 0 Å². The van der Waals surface area contributed by atoms with Gasteiger partial charge in [-0.2, -0.15) is 4.98 Å². The standard InChI is InChI=1S/C15H24N4S/c1-5-7-9-19(4)13-12-10-11(3)20-14(12)18-15(17-13)16-8-6-2/h10H,5-9H2,1-4H3,(H,16,17,18). The number of thiophene rings is 1. The molecule has 20 heavy (non-hydrogen) atoms. The predicted molar refractivity (Wildman–Crippen MR) is 89.1 cm³/mol.